The smallest absolute Gasteiger partial charge is 0.312 e. The molecule has 1 unspecified atom stereocenters. The molecule has 6 nitrogen and oxygen atoms in total. The Morgan fingerprint density at radius 1 is 1.45 bits per heavy atom. The van der Waals surface area contributed by atoms with Crippen molar-refractivity contribution in [1.29, 1.82) is 0 Å². The molecule has 1 rings (SSSR count). The van der Waals surface area contributed by atoms with Gasteiger partial charge in [-0.1, -0.05) is 25.4 Å². The van der Waals surface area contributed by atoms with Crippen molar-refractivity contribution in [3.05, 3.63) is 32.8 Å². The van der Waals surface area contributed by atoms with Crippen LogP contribution in [-0.4, -0.2) is 27.8 Å². The number of nitro benzene ring substituents is 1. The Bertz CT molecular complexity index is 480. The third-order valence-electron chi connectivity index (χ3n) is 2.89. The molecule has 112 valence electrons. The molecule has 7 heteroatoms. The molecule has 0 aromatic heterocycles. The summed E-state index contributed by atoms with van der Waals surface area (Å²) in [6.45, 7) is 4.23. The molecule has 0 aliphatic rings. The van der Waals surface area contributed by atoms with Crippen molar-refractivity contribution in [3.8, 4) is 5.75 Å². The number of hydrogen-bond donors (Lipinski definition) is 3. The lowest BCUT2D eigenvalue weighted by Crippen LogP contribution is -2.33. The van der Waals surface area contributed by atoms with Gasteiger partial charge in [-0.15, -0.1) is 0 Å². The number of phenolic OH excluding ortho intramolecular Hbond substituents is 1. The Morgan fingerprint density at radius 3 is 2.60 bits per heavy atom. The topological polar surface area (TPSA) is 95.6 Å². The lowest BCUT2D eigenvalue weighted by molar-refractivity contribution is -0.385. The van der Waals surface area contributed by atoms with Gasteiger partial charge >= 0.3 is 5.69 Å². The molecule has 1 atom stereocenters. The van der Waals surface area contributed by atoms with E-state index in [4.69, 9.17) is 11.6 Å². The molecule has 0 saturated heterocycles. The molecule has 20 heavy (non-hydrogen) atoms. The van der Waals surface area contributed by atoms with Crippen molar-refractivity contribution in [1.82, 2.24) is 5.32 Å². The summed E-state index contributed by atoms with van der Waals surface area (Å²) in [6, 6.07) is 2.45. The maximum absolute atomic E-state index is 10.8. The fourth-order valence-corrected chi connectivity index (χ4v) is 2.19. The second-order valence-electron chi connectivity index (χ2n) is 5.08. The Hall–Kier alpha value is -1.37. The monoisotopic (exact) mass is 302 g/mol. The number of rotatable bonds is 7. The van der Waals surface area contributed by atoms with E-state index in [0.29, 0.717) is 11.5 Å². The van der Waals surface area contributed by atoms with Crippen LogP contribution in [0.15, 0.2) is 12.1 Å². The van der Waals surface area contributed by atoms with E-state index in [1.807, 2.05) is 13.8 Å². The number of halogens is 1. The minimum Gasteiger partial charge on any atom is -0.502 e. The minimum atomic E-state index is -0.678. The minimum absolute atomic E-state index is 0.0401. The van der Waals surface area contributed by atoms with Crippen molar-refractivity contribution >= 4 is 17.3 Å². The van der Waals surface area contributed by atoms with Crippen LogP contribution in [0, 0.1) is 16.0 Å². The molecular formula is C13H19ClN2O4. The number of aliphatic hydroxyl groups is 1. The number of hydrogen-bond acceptors (Lipinski definition) is 5. The highest BCUT2D eigenvalue weighted by Crippen LogP contribution is 2.33. The van der Waals surface area contributed by atoms with E-state index in [0.717, 1.165) is 12.5 Å². The van der Waals surface area contributed by atoms with Crippen LogP contribution < -0.4 is 5.32 Å². The van der Waals surface area contributed by atoms with Crippen LogP contribution in [0.5, 0.6) is 5.75 Å². The van der Waals surface area contributed by atoms with Crippen LogP contribution >= 0.6 is 11.6 Å². The maximum atomic E-state index is 10.8. The first kappa shape index (κ1) is 16.7. The zero-order valence-electron chi connectivity index (χ0n) is 11.5. The highest BCUT2D eigenvalue weighted by Gasteiger charge is 2.19. The molecule has 0 spiro atoms. The van der Waals surface area contributed by atoms with Gasteiger partial charge in [0, 0.05) is 29.2 Å². The lowest BCUT2D eigenvalue weighted by Gasteiger charge is -2.18. The number of nitrogens with zero attached hydrogens (tertiary/aromatic N) is 1. The van der Waals surface area contributed by atoms with Gasteiger partial charge in [-0.05, 0) is 18.4 Å². The molecule has 0 radical (unpaired) electrons. The second-order valence-corrected chi connectivity index (χ2v) is 5.52. The van der Waals surface area contributed by atoms with Gasteiger partial charge < -0.3 is 15.5 Å². The molecule has 0 heterocycles. The first-order valence-corrected chi connectivity index (χ1v) is 6.73. The van der Waals surface area contributed by atoms with Crippen LogP contribution in [0.2, 0.25) is 5.02 Å². The fourth-order valence-electron chi connectivity index (χ4n) is 1.96. The van der Waals surface area contributed by atoms with E-state index in [2.05, 4.69) is 5.32 Å². The van der Waals surface area contributed by atoms with Crippen LogP contribution in [0.3, 0.4) is 0 Å². The molecule has 0 amide bonds. The molecule has 0 fully saturated rings. The first-order valence-electron chi connectivity index (χ1n) is 6.35. The van der Waals surface area contributed by atoms with Crippen LogP contribution in [0.1, 0.15) is 25.8 Å². The number of benzene rings is 1. The van der Waals surface area contributed by atoms with E-state index in [-0.39, 0.29) is 24.2 Å². The van der Waals surface area contributed by atoms with Gasteiger partial charge in [-0.25, -0.2) is 0 Å². The molecule has 0 aliphatic heterocycles. The predicted molar refractivity (Wildman–Crippen MR) is 76.9 cm³/mol. The van der Waals surface area contributed by atoms with E-state index in [1.165, 1.54) is 6.07 Å². The van der Waals surface area contributed by atoms with Gasteiger partial charge in [-0.3, -0.25) is 10.1 Å². The zero-order valence-corrected chi connectivity index (χ0v) is 12.2. The Labute approximate surface area is 122 Å². The first-order chi connectivity index (χ1) is 9.35. The average molecular weight is 303 g/mol. The van der Waals surface area contributed by atoms with Gasteiger partial charge in [0.1, 0.15) is 0 Å². The van der Waals surface area contributed by atoms with Gasteiger partial charge in [0.25, 0.3) is 0 Å². The summed E-state index contributed by atoms with van der Waals surface area (Å²) in [4.78, 5) is 10.1. The fraction of sp³-hybridized carbons (Fsp3) is 0.538. The number of nitrogens with one attached hydrogen (secondary N) is 1. The summed E-state index contributed by atoms with van der Waals surface area (Å²) >= 11 is 5.81. The highest BCUT2D eigenvalue weighted by atomic mass is 35.5. The maximum Gasteiger partial charge on any atom is 0.312 e. The average Bonchev–Trinajstić information content (AvgIpc) is 2.36. The van der Waals surface area contributed by atoms with Crippen molar-refractivity contribution < 1.29 is 15.1 Å². The number of aliphatic hydroxyl groups excluding tert-OH is 1. The van der Waals surface area contributed by atoms with E-state index < -0.39 is 16.4 Å². The number of nitro groups is 1. The number of phenols is 1. The molecule has 3 N–H and O–H groups in total. The summed E-state index contributed by atoms with van der Waals surface area (Å²) in [5, 5.41) is 33.2. The van der Waals surface area contributed by atoms with E-state index in [1.54, 1.807) is 0 Å². The third kappa shape index (κ3) is 4.63. The predicted octanol–water partition coefficient (Wildman–Crippen LogP) is 2.45. The van der Waals surface area contributed by atoms with Gasteiger partial charge in [-0.2, -0.15) is 0 Å². The van der Waals surface area contributed by atoms with Gasteiger partial charge in [0.2, 0.25) is 0 Å². The molecule has 0 saturated carbocycles. The molecule has 1 aromatic rings. The standard InChI is InChI=1S/C13H19ClN2O4/c1-8(2)3-11(7-17)15-6-9-4-10(14)5-12(13(9)18)16(19)20/h4-5,8,11,15,17-18H,3,6-7H2,1-2H3. The summed E-state index contributed by atoms with van der Waals surface area (Å²) in [7, 11) is 0. The molecule has 1 aromatic carbocycles. The van der Waals surface area contributed by atoms with Crippen molar-refractivity contribution in [2.75, 3.05) is 6.61 Å². The quantitative estimate of drug-likeness (QED) is 0.531. The Morgan fingerprint density at radius 2 is 2.10 bits per heavy atom. The Kier molecular flexibility index (Phi) is 6.19. The van der Waals surface area contributed by atoms with Crippen molar-refractivity contribution in [2.45, 2.75) is 32.9 Å². The highest BCUT2D eigenvalue weighted by molar-refractivity contribution is 6.31. The molecule has 0 bridgehead atoms. The molecular weight excluding hydrogens is 284 g/mol. The van der Waals surface area contributed by atoms with Crippen LogP contribution in [0.4, 0.5) is 5.69 Å². The van der Waals surface area contributed by atoms with E-state index in [9.17, 15) is 20.3 Å². The third-order valence-corrected chi connectivity index (χ3v) is 3.11. The largest absolute Gasteiger partial charge is 0.502 e. The summed E-state index contributed by atoms with van der Waals surface area (Å²) in [5.41, 5.74) is -0.0786. The van der Waals surface area contributed by atoms with Gasteiger partial charge in [0.15, 0.2) is 5.75 Å². The Balaban J connectivity index is 2.84. The van der Waals surface area contributed by atoms with Gasteiger partial charge in [0.05, 0.1) is 11.5 Å². The lowest BCUT2D eigenvalue weighted by atomic mass is 10.0. The van der Waals surface area contributed by atoms with E-state index >= 15 is 0 Å². The summed E-state index contributed by atoms with van der Waals surface area (Å²) in [6.07, 6.45) is 0.764. The van der Waals surface area contributed by atoms with Crippen molar-refractivity contribution in [3.63, 3.8) is 0 Å². The van der Waals surface area contributed by atoms with Crippen LogP contribution in [-0.2, 0) is 6.54 Å². The summed E-state index contributed by atoms with van der Waals surface area (Å²) in [5.74, 6) is 0.00933. The molecule has 0 aliphatic carbocycles. The van der Waals surface area contributed by atoms with Crippen molar-refractivity contribution in [2.24, 2.45) is 5.92 Å². The SMILES string of the molecule is CC(C)CC(CO)NCc1cc(Cl)cc([N+](=O)[O-])c1O. The summed E-state index contributed by atoms with van der Waals surface area (Å²) < 4.78 is 0. The normalized spacial score (nSPS) is 12.7. The number of aromatic hydroxyl groups is 1. The second kappa shape index (κ2) is 7.42. The van der Waals surface area contributed by atoms with Crippen LogP contribution in [0.25, 0.3) is 0 Å². The zero-order chi connectivity index (χ0) is 15.3.